The minimum atomic E-state index is -0.517. The standard InChI is InChI=1S/C18H18N2O2S/c1-3-16(22-14-7-5-4-6-8-14)18(21)20-13-9-10-15-17(11-13)23-12(2)19-15/h4-11,16H,3H2,1-2H3,(H,20,21). The van der Waals surface area contributed by atoms with E-state index in [1.54, 1.807) is 11.3 Å². The molecule has 0 radical (unpaired) electrons. The third-order valence-corrected chi connectivity index (χ3v) is 4.38. The summed E-state index contributed by atoms with van der Waals surface area (Å²) in [6, 6.07) is 15.1. The summed E-state index contributed by atoms with van der Waals surface area (Å²) in [5, 5.41) is 3.95. The average molecular weight is 326 g/mol. The number of amides is 1. The Kier molecular flexibility index (Phi) is 4.57. The maximum absolute atomic E-state index is 12.4. The molecule has 0 aliphatic rings. The second-order valence-electron chi connectivity index (χ2n) is 5.23. The Morgan fingerprint density at radius 3 is 2.78 bits per heavy atom. The van der Waals surface area contributed by atoms with Gasteiger partial charge in [-0.15, -0.1) is 11.3 Å². The van der Waals surface area contributed by atoms with Crippen LogP contribution in [0.2, 0.25) is 0 Å². The third kappa shape index (κ3) is 3.68. The van der Waals surface area contributed by atoms with Crippen LogP contribution in [0.25, 0.3) is 10.2 Å². The number of nitrogens with zero attached hydrogens (tertiary/aromatic N) is 1. The Balaban J connectivity index is 1.72. The minimum absolute atomic E-state index is 0.142. The Labute approximate surface area is 139 Å². The van der Waals surface area contributed by atoms with Gasteiger partial charge in [-0.3, -0.25) is 4.79 Å². The Hall–Kier alpha value is -2.40. The first kappa shape index (κ1) is 15.5. The number of carbonyl (C=O) groups is 1. The Morgan fingerprint density at radius 1 is 1.26 bits per heavy atom. The number of fused-ring (bicyclic) bond motifs is 1. The monoisotopic (exact) mass is 326 g/mol. The van der Waals surface area contributed by atoms with Crippen molar-refractivity contribution in [2.45, 2.75) is 26.4 Å². The number of rotatable bonds is 5. The van der Waals surface area contributed by atoms with E-state index in [0.717, 1.165) is 20.9 Å². The van der Waals surface area contributed by atoms with Gasteiger partial charge >= 0.3 is 0 Å². The van der Waals surface area contributed by atoms with Crippen LogP contribution in [0.4, 0.5) is 5.69 Å². The van der Waals surface area contributed by atoms with Crippen molar-refractivity contribution in [1.82, 2.24) is 4.98 Å². The van der Waals surface area contributed by atoms with E-state index in [4.69, 9.17) is 4.74 Å². The van der Waals surface area contributed by atoms with E-state index in [-0.39, 0.29) is 5.91 Å². The lowest BCUT2D eigenvalue weighted by atomic mass is 10.2. The number of hydrogen-bond acceptors (Lipinski definition) is 4. The van der Waals surface area contributed by atoms with E-state index in [2.05, 4.69) is 10.3 Å². The van der Waals surface area contributed by atoms with Gasteiger partial charge in [-0.1, -0.05) is 25.1 Å². The highest BCUT2D eigenvalue weighted by molar-refractivity contribution is 7.18. The van der Waals surface area contributed by atoms with Crippen LogP contribution in [-0.4, -0.2) is 17.0 Å². The average Bonchev–Trinajstić information content (AvgIpc) is 2.92. The van der Waals surface area contributed by atoms with E-state index in [0.29, 0.717) is 12.2 Å². The van der Waals surface area contributed by atoms with Crippen LogP contribution in [0.15, 0.2) is 48.5 Å². The van der Waals surface area contributed by atoms with Crippen LogP contribution in [-0.2, 0) is 4.79 Å². The van der Waals surface area contributed by atoms with Crippen LogP contribution in [0.5, 0.6) is 5.75 Å². The van der Waals surface area contributed by atoms with Gasteiger partial charge in [0.25, 0.3) is 5.91 Å². The molecular weight excluding hydrogens is 308 g/mol. The lowest BCUT2D eigenvalue weighted by Gasteiger charge is -2.17. The first-order valence-corrected chi connectivity index (χ1v) is 8.37. The van der Waals surface area contributed by atoms with Gasteiger partial charge in [0.05, 0.1) is 15.2 Å². The first-order valence-electron chi connectivity index (χ1n) is 7.55. The number of aromatic nitrogens is 1. The molecule has 1 unspecified atom stereocenters. The van der Waals surface area contributed by atoms with Crippen molar-refractivity contribution in [2.75, 3.05) is 5.32 Å². The molecule has 1 N–H and O–H groups in total. The largest absolute Gasteiger partial charge is 0.481 e. The van der Waals surface area contributed by atoms with Crippen LogP contribution >= 0.6 is 11.3 Å². The molecule has 3 aromatic rings. The summed E-state index contributed by atoms with van der Waals surface area (Å²) in [5.41, 5.74) is 1.72. The highest BCUT2D eigenvalue weighted by Crippen LogP contribution is 2.25. The van der Waals surface area contributed by atoms with Crippen molar-refractivity contribution in [3.05, 3.63) is 53.5 Å². The molecule has 5 heteroatoms. The SMILES string of the molecule is CCC(Oc1ccccc1)C(=O)Nc1ccc2nc(C)sc2c1. The number of nitrogens with one attached hydrogen (secondary N) is 1. The zero-order valence-electron chi connectivity index (χ0n) is 13.1. The van der Waals surface area contributed by atoms with E-state index < -0.39 is 6.10 Å². The van der Waals surface area contributed by atoms with E-state index in [1.807, 2.05) is 62.4 Å². The fourth-order valence-corrected chi connectivity index (χ4v) is 3.19. The van der Waals surface area contributed by atoms with Gasteiger partial charge < -0.3 is 10.1 Å². The fraction of sp³-hybridized carbons (Fsp3) is 0.222. The Morgan fingerprint density at radius 2 is 2.04 bits per heavy atom. The molecule has 23 heavy (non-hydrogen) atoms. The molecule has 0 bridgehead atoms. The highest BCUT2D eigenvalue weighted by atomic mass is 32.1. The molecule has 4 nitrogen and oxygen atoms in total. The van der Waals surface area contributed by atoms with Gasteiger partial charge in [0.15, 0.2) is 6.10 Å². The number of thiazole rings is 1. The molecular formula is C18H18N2O2S. The molecule has 2 aromatic carbocycles. The van der Waals surface area contributed by atoms with Crippen LogP contribution < -0.4 is 10.1 Å². The van der Waals surface area contributed by atoms with Gasteiger partial charge in [-0.25, -0.2) is 4.98 Å². The fourth-order valence-electron chi connectivity index (χ4n) is 2.33. The van der Waals surface area contributed by atoms with Crippen LogP contribution in [0.3, 0.4) is 0 Å². The number of benzene rings is 2. The smallest absolute Gasteiger partial charge is 0.265 e. The number of carbonyl (C=O) groups excluding carboxylic acids is 1. The molecule has 0 saturated carbocycles. The molecule has 0 aliphatic heterocycles. The second-order valence-corrected chi connectivity index (χ2v) is 6.47. The molecule has 1 amide bonds. The number of anilines is 1. The molecule has 1 heterocycles. The van der Waals surface area contributed by atoms with E-state index in [9.17, 15) is 4.79 Å². The van der Waals surface area contributed by atoms with Crippen LogP contribution in [0.1, 0.15) is 18.4 Å². The van der Waals surface area contributed by atoms with Gasteiger partial charge in [0, 0.05) is 5.69 Å². The summed E-state index contributed by atoms with van der Waals surface area (Å²) in [5.74, 6) is 0.556. The number of hydrogen-bond donors (Lipinski definition) is 1. The van der Waals surface area contributed by atoms with Crippen molar-refractivity contribution in [1.29, 1.82) is 0 Å². The van der Waals surface area contributed by atoms with Crippen LogP contribution in [0, 0.1) is 6.92 Å². The number of para-hydroxylation sites is 1. The maximum Gasteiger partial charge on any atom is 0.265 e. The summed E-state index contributed by atoms with van der Waals surface area (Å²) in [7, 11) is 0. The Bertz CT molecular complexity index is 814. The summed E-state index contributed by atoms with van der Waals surface area (Å²) in [6.45, 7) is 3.91. The predicted molar refractivity (Wildman–Crippen MR) is 94.1 cm³/mol. The predicted octanol–water partition coefficient (Wildman–Crippen LogP) is 4.40. The van der Waals surface area contributed by atoms with E-state index in [1.165, 1.54) is 0 Å². The quantitative estimate of drug-likeness (QED) is 0.756. The molecule has 1 aromatic heterocycles. The molecule has 0 aliphatic carbocycles. The highest BCUT2D eigenvalue weighted by Gasteiger charge is 2.18. The van der Waals surface area contributed by atoms with Gasteiger partial charge in [-0.2, -0.15) is 0 Å². The van der Waals surface area contributed by atoms with Crippen molar-refractivity contribution in [2.24, 2.45) is 0 Å². The molecule has 1 atom stereocenters. The normalized spacial score (nSPS) is 12.1. The second kappa shape index (κ2) is 6.79. The number of aryl methyl sites for hydroxylation is 1. The van der Waals surface area contributed by atoms with Gasteiger partial charge in [0.2, 0.25) is 0 Å². The lowest BCUT2D eigenvalue weighted by molar-refractivity contribution is -0.122. The minimum Gasteiger partial charge on any atom is -0.481 e. The van der Waals surface area contributed by atoms with Gasteiger partial charge in [0.1, 0.15) is 5.75 Å². The molecule has 118 valence electrons. The maximum atomic E-state index is 12.4. The third-order valence-electron chi connectivity index (χ3n) is 3.45. The molecule has 0 fully saturated rings. The molecule has 3 rings (SSSR count). The van der Waals surface area contributed by atoms with Crippen molar-refractivity contribution in [3.63, 3.8) is 0 Å². The summed E-state index contributed by atoms with van der Waals surface area (Å²) in [4.78, 5) is 16.9. The topological polar surface area (TPSA) is 51.2 Å². The van der Waals surface area contributed by atoms with Crippen molar-refractivity contribution < 1.29 is 9.53 Å². The first-order chi connectivity index (χ1) is 11.2. The lowest BCUT2D eigenvalue weighted by Crippen LogP contribution is -2.32. The summed E-state index contributed by atoms with van der Waals surface area (Å²) < 4.78 is 6.83. The zero-order valence-corrected chi connectivity index (χ0v) is 13.9. The summed E-state index contributed by atoms with van der Waals surface area (Å²) >= 11 is 1.62. The van der Waals surface area contributed by atoms with Crippen molar-refractivity contribution in [3.8, 4) is 5.75 Å². The summed E-state index contributed by atoms with van der Waals surface area (Å²) in [6.07, 6.45) is 0.0825. The molecule has 0 saturated heterocycles. The zero-order chi connectivity index (χ0) is 16.2. The van der Waals surface area contributed by atoms with Crippen molar-refractivity contribution >= 4 is 33.1 Å². The van der Waals surface area contributed by atoms with Gasteiger partial charge in [-0.05, 0) is 43.7 Å². The van der Waals surface area contributed by atoms with E-state index >= 15 is 0 Å². The molecule has 0 spiro atoms. The number of ether oxygens (including phenoxy) is 1.